The van der Waals surface area contributed by atoms with E-state index >= 15 is 0 Å². The summed E-state index contributed by atoms with van der Waals surface area (Å²) in [5.74, 6) is 5.80. The summed E-state index contributed by atoms with van der Waals surface area (Å²) in [4.78, 5) is 0. The van der Waals surface area contributed by atoms with Crippen LogP contribution in [0.1, 0.15) is 5.56 Å². The van der Waals surface area contributed by atoms with Crippen LogP contribution in [0.5, 0.6) is 0 Å². The molecule has 0 aliphatic rings. The first-order chi connectivity index (χ1) is 48.2. The molecule has 13 aromatic rings. The van der Waals surface area contributed by atoms with E-state index in [1.165, 1.54) is 81.4 Å². The van der Waals surface area contributed by atoms with Gasteiger partial charge >= 0.3 is 65.7 Å². The van der Waals surface area contributed by atoms with E-state index in [1.54, 1.807) is 0 Å². The van der Waals surface area contributed by atoms with Crippen LogP contribution in [0.2, 0.25) is 0 Å². The quantitative estimate of drug-likeness (QED) is 0.0264. The van der Waals surface area contributed by atoms with Crippen LogP contribution in [0.15, 0.2) is 394 Å². The second-order valence-corrected chi connectivity index (χ2v) is 36.2. The summed E-state index contributed by atoms with van der Waals surface area (Å²) in [6, 6.07) is 142. The van der Waals surface area contributed by atoms with Crippen LogP contribution in [0, 0.1) is 12.3 Å². The first-order valence-corrected chi connectivity index (χ1v) is 40.8. The molecule has 0 aromatic heterocycles. The molecular weight excluding hydrogens is 1550 g/mol. The Morgan fingerprint density at radius 1 is 0.186 bits per heavy atom. The number of halogens is 8. The Bertz CT molecular complexity index is 3420. The van der Waals surface area contributed by atoms with E-state index in [-0.39, 0.29) is 51.2 Å². The normalized spacial score (nSPS) is 10.6. The Balaban J connectivity index is 0.000000242. The molecule has 0 fully saturated rings. The van der Waals surface area contributed by atoms with Gasteiger partial charge in [-0.15, -0.1) is 17.7 Å². The van der Waals surface area contributed by atoms with Gasteiger partial charge in [-0.25, -0.2) is 0 Å². The summed E-state index contributed by atoms with van der Waals surface area (Å²) < 4.78 is 78.0. The van der Waals surface area contributed by atoms with E-state index in [9.17, 15) is 34.5 Å². The molecule has 0 saturated heterocycles. The summed E-state index contributed by atoms with van der Waals surface area (Å²) >= 11 is 0. The van der Waals surface area contributed by atoms with Crippen LogP contribution < -0.4 is 63.7 Å². The summed E-state index contributed by atoms with van der Waals surface area (Å²) in [6.45, 7) is 0. The molecule has 0 saturated carbocycles. The monoisotopic (exact) mass is 1620 g/mol. The molecule has 0 unspecified atom stereocenters. The van der Waals surface area contributed by atoms with Crippen LogP contribution in [-0.2, 0) is 51.2 Å². The smallest absolute Gasteiger partial charge is 0.418 e. The van der Waals surface area contributed by atoms with Gasteiger partial charge in [-0.2, -0.15) is 0 Å². The van der Waals surface area contributed by atoms with Gasteiger partial charge in [-0.05, 0) is 111 Å². The molecule has 0 N–H and O–H groups in total. The van der Waals surface area contributed by atoms with Gasteiger partial charge in [-0.3, -0.25) is 5.92 Å². The third-order valence-corrected chi connectivity index (χ3v) is 32.4. The van der Waals surface area contributed by atoms with Gasteiger partial charge in [0, 0.05) is 17.7 Å². The van der Waals surface area contributed by atoms with Crippen LogP contribution in [-0.4, -0.2) is 32.2 Å². The van der Waals surface area contributed by atoms with Crippen molar-refractivity contribution in [3.05, 3.63) is 406 Å². The number of benzene rings is 13. The van der Waals surface area contributed by atoms with Crippen molar-refractivity contribution < 1.29 is 85.7 Å². The maximum absolute atomic E-state index is 9.75. The van der Waals surface area contributed by atoms with E-state index < -0.39 is 62.0 Å². The number of hydrogen-bond acceptors (Lipinski definition) is 0. The first kappa shape index (κ1) is 85.8. The molecule has 13 rings (SSSR count). The van der Waals surface area contributed by atoms with Gasteiger partial charge in [0.05, 0.1) is 0 Å². The molecule has 0 bridgehead atoms. The molecule has 0 atom stereocenters. The molecule has 0 radical (unpaired) electrons. The van der Waals surface area contributed by atoms with Crippen LogP contribution in [0.3, 0.4) is 0 Å². The topological polar surface area (TPSA) is 0 Å². The third-order valence-electron chi connectivity index (χ3n) is 14.6. The fourth-order valence-corrected chi connectivity index (χ4v) is 29.5. The van der Waals surface area contributed by atoms with Crippen molar-refractivity contribution in [3.8, 4) is 5.92 Å². The SMILES string of the molecule is F[B-](F)(F)F.F[B-](F)(F)F.[C-]#Cc1ccccc1.[Cu+].[Cu+].[Cu+].c1ccc(P(CP(c2ccccc2)c2ccccc2)c2ccccc2)cc1.c1ccc(P(CP(c2ccccc2)c2ccccc2)c2ccccc2)cc1.c1ccc(P(CP(c2ccccc2)c2ccccc2)c2ccccc2)cc1. The second-order valence-electron chi connectivity index (χ2n) is 21.5. The summed E-state index contributed by atoms with van der Waals surface area (Å²) in [5, 5.41) is 17.5. The predicted molar refractivity (Wildman–Crippen MR) is 422 cm³/mol. The molecular formula is C83H71B2Cu3F8P6. The van der Waals surface area contributed by atoms with E-state index in [0.29, 0.717) is 0 Å². The molecule has 0 nitrogen and oxygen atoms in total. The molecule has 0 aliphatic heterocycles. The van der Waals surface area contributed by atoms with Crippen molar-refractivity contribution in [2.45, 2.75) is 0 Å². The average molecular weight is 1620 g/mol. The molecule has 0 spiro atoms. The summed E-state index contributed by atoms with van der Waals surface area (Å²) in [5.41, 5.74) is 0.826. The zero-order valence-electron chi connectivity index (χ0n) is 54.9. The molecule has 102 heavy (non-hydrogen) atoms. The maximum atomic E-state index is 9.75. The Labute approximate surface area is 636 Å². The van der Waals surface area contributed by atoms with Crippen molar-refractivity contribution in [1.29, 1.82) is 0 Å². The van der Waals surface area contributed by atoms with E-state index in [4.69, 9.17) is 6.42 Å². The van der Waals surface area contributed by atoms with Gasteiger partial charge in [0.25, 0.3) is 0 Å². The minimum atomic E-state index is -6.00. The largest absolute Gasteiger partial charge is 1.00 e. The van der Waals surface area contributed by atoms with Crippen LogP contribution in [0.25, 0.3) is 0 Å². The Hall–Kier alpha value is -6.87. The zero-order valence-corrected chi connectivity index (χ0v) is 63.1. The number of rotatable bonds is 18. The van der Waals surface area contributed by atoms with Crippen molar-refractivity contribution in [1.82, 2.24) is 0 Å². The molecule has 0 aliphatic carbocycles. The minimum Gasteiger partial charge on any atom is -0.418 e. The van der Waals surface area contributed by atoms with Gasteiger partial charge in [-0.1, -0.05) is 382 Å². The van der Waals surface area contributed by atoms with Crippen molar-refractivity contribution in [2.24, 2.45) is 0 Å². The van der Waals surface area contributed by atoms with E-state index in [1.807, 2.05) is 30.3 Å². The zero-order chi connectivity index (χ0) is 69.8. The molecule has 13 aromatic carbocycles. The van der Waals surface area contributed by atoms with Crippen LogP contribution in [0.4, 0.5) is 34.5 Å². The first-order valence-electron chi connectivity index (χ1n) is 31.7. The molecule has 19 heteroatoms. The second kappa shape index (κ2) is 47.5. The van der Waals surface area contributed by atoms with Crippen molar-refractivity contribution in [3.63, 3.8) is 0 Å². The third kappa shape index (κ3) is 31.2. The van der Waals surface area contributed by atoms with Gasteiger partial charge < -0.3 is 40.9 Å². The van der Waals surface area contributed by atoms with E-state index in [0.717, 1.165) is 5.56 Å². The molecule has 0 heterocycles. The number of hydrogen-bond donors (Lipinski definition) is 0. The Morgan fingerprint density at radius 2 is 0.275 bits per heavy atom. The maximum Gasteiger partial charge on any atom is 1.00 e. The average Bonchev–Trinajstić information content (AvgIpc) is 0.828. The summed E-state index contributed by atoms with van der Waals surface area (Å²) in [6.07, 6.45) is 6.69. The summed E-state index contributed by atoms with van der Waals surface area (Å²) in [7, 11) is -14.5. The Morgan fingerprint density at radius 3 is 0.353 bits per heavy atom. The minimum absolute atomic E-state index is 0. The van der Waals surface area contributed by atoms with E-state index in [2.05, 4.69) is 370 Å². The fourth-order valence-electron chi connectivity index (χ4n) is 10.1. The fraction of sp³-hybridized carbons (Fsp3) is 0.0361. The molecule has 528 valence electrons. The van der Waals surface area contributed by atoms with Crippen molar-refractivity contribution >= 4 is 126 Å². The predicted octanol–water partition coefficient (Wildman–Crippen LogP) is 19.8. The standard InChI is InChI=1S/3C25H22P2.C8H5.2BF4.3Cu/c3*1-5-13-22(14-6-1)26(23-15-7-2-8-16-23)21-27(24-17-9-3-10-18-24)25-19-11-4-12-20-25;1-2-8-6-4-3-5-7-8;2*2-1(3,4)5;;;/h3*1-20H,21H2;3-7H;;;;;/q;;;3*-1;3*+1. The Kier molecular flexibility index (Phi) is 39.9. The van der Waals surface area contributed by atoms with Gasteiger partial charge in [0.1, 0.15) is 0 Å². The van der Waals surface area contributed by atoms with Crippen molar-refractivity contribution in [2.75, 3.05) is 17.7 Å². The van der Waals surface area contributed by atoms with Gasteiger partial charge in [0.15, 0.2) is 0 Å². The van der Waals surface area contributed by atoms with Crippen LogP contribution >= 0.6 is 47.5 Å². The van der Waals surface area contributed by atoms with Gasteiger partial charge in [0.2, 0.25) is 0 Å². The molecule has 0 amide bonds.